The normalized spacial score (nSPS) is 16.1. The number of hydrogen-bond donors (Lipinski definition) is 1. The predicted molar refractivity (Wildman–Crippen MR) is 119 cm³/mol. The highest BCUT2D eigenvalue weighted by atomic mass is 127. The van der Waals surface area contributed by atoms with Crippen molar-refractivity contribution in [3.8, 4) is 0 Å². The lowest BCUT2D eigenvalue weighted by Gasteiger charge is -2.27. The molecule has 0 spiro atoms. The van der Waals surface area contributed by atoms with Crippen LogP contribution in [0.15, 0.2) is 21.3 Å². The Morgan fingerprint density at radius 1 is 1.28 bits per heavy atom. The maximum Gasteiger partial charge on any atom is 0.252 e. The van der Waals surface area contributed by atoms with Crippen LogP contribution in [-0.4, -0.2) is 67.8 Å². The van der Waals surface area contributed by atoms with Crippen LogP contribution >= 0.6 is 47.1 Å². The lowest BCUT2D eigenvalue weighted by Crippen LogP contribution is -2.42. The van der Waals surface area contributed by atoms with Crippen molar-refractivity contribution in [1.82, 2.24) is 9.21 Å². The number of thioether (sulfide) groups is 1. The van der Waals surface area contributed by atoms with E-state index < -0.39 is 10.0 Å². The largest absolute Gasteiger partial charge is 0.370 e. The molecule has 0 atom stereocenters. The zero-order chi connectivity index (χ0) is 17.6. The maximum atomic E-state index is 12.5. The summed E-state index contributed by atoms with van der Waals surface area (Å²) in [6.45, 7) is 7.16. The van der Waals surface area contributed by atoms with Crippen molar-refractivity contribution in [2.75, 3.05) is 44.2 Å². The van der Waals surface area contributed by atoms with Gasteiger partial charge in [0.15, 0.2) is 5.96 Å². The fraction of sp³-hybridized carbons (Fsp3) is 0.667. The van der Waals surface area contributed by atoms with Gasteiger partial charge in [0.05, 0.1) is 0 Å². The smallest absolute Gasteiger partial charge is 0.252 e. The Morgan fingerprint density at radius 3 is 2.52 bits per heavy atom. The van der Waals surface area contributed by atoms with Crippen LogP contribution in [0.3, 0.4) is 0 Å². The first-order valence-electron chi connectivity index (χ1n) is 8.20. The summed E-state index contributed by atoms with van der Waals surface area (Å²) in [6, 6.07) is 3.58. The minimum Gasteiger partial charge on any atom is -0.370 e. The van der Waals surface area contributed by atoms with Crippen molar-refractivity contribution >= 4 is 63.1 Å². The molecule has 1 aliphatic heterocycles. The van der Waals surface area contributed by atoms with Gasteiger partial charge in [-0.15, -0.1) is 35.3 Å². The second-order valence-electron chi connectivity index (χ2n) is 5.40. The van der Waals surface area contributed by atoms with Gasteiger partial charge >= 0.3 is 0 Å². The Labute approximate surface area is 176 Å². The van der Waals surface area contributed by atoms with Gasteiger partial charge in [-0.3, -0.25) is 4.99 Å². The third kappa shape index (κ3) is 6.26. The molecule has 2 rings (SSSR count). The first kappa shape index (κ1) is 23.0. The van der Waals surface area contributed by atoms with E-state index in [1.165, 1.54) is 15.6 Å². The van der Waals surface area contributed by atoms with Crippen molar-refractivity contribution in [1.29, 1.82) is 0 Å². The van der Waals surface area contributed by atoms with Crippen LogP contribution in [0.1, 0.15) is 18.7 Å². The molecule has 2 N–H and O–H groups in total. The molecular formula is C15H27IN4O2S3. The van der Waals surface area contributed by atoms with E-state index in [0.717, 1.165) is 29.5 Å². The van der Waals surface area contributed by atoms with Crippen molar-refractivity contribution in [3.63, 3.8) is 0 Å². The van der Waals surface area contributed by atoms with Gasteiger partial charge in [0.25, 0.3) is 10.0 Å². The number of thiophene rings is 1. The van der Waals surface area contributed by atoms with Gasteiger partial charge < -0.3 is 10.6 Å². The van der Waals surface area contributed by atoms with Gasteiger partial charge in [-0.2, -0.15) is 16.1 Å². The fourth-order valence-electron chi connectivity index (χ4n) is 2.50. The molecular weight excluding hydrogens is 491 g/mol. The molecule has 0 amide bonds. The highest BCUT2D eigenvalue weighted by molar-refractivity contribution is 14.0. The van der Waals surface area contributed by atoms with E-state index in [0.29, 0.717) is 36.2 Å². The molecule has 0 saturated carbocycles. The van der Waals surface area contributed by atoms with Crippen LogP contribution in [-0.2, 0) is 16.4 Å². The molecule has 6 nitrogen and oxygen atoms in total. The Hall–Kier alpha value is -0.0400. The predicted octanol–water partition coefficient (Wildman–Crippen LogP) is 2.30. The standard InChI is InChI=1S/C15H26N4O2S3.HI/c1-3-19(4-2)24(20,21)14-6-5-13(23-14)7-8-17-15(16)18-9-11-22-12-10-18;/h5-6H,3-4,7-12H2,1-2H3,(H2,16,17);1H. The Bertz CT molecular complexity index is 653. The second kappa shape index (κ2) is 11.0. The SMILES string of the molecule is CCN(CC)S(=O)(=O)c1ccc(CCN=C(N)N2CCSCC2)s1.I. The zero-order valence-electron chi connectivity index (χ0n) is 14.7. The number of nitrogens with two attached hydrogens (primary N) is 1. The number of guanidine groups is 1. The van der Waals surface area contributed by atoms with E-state index in [2.05, 4.69) is 9.89 Å². The summed E-state index contributed by atoms with van der Waals surface area (Å²) in [4.78, 5) is 7.57. The quantitative estimate of drug-likeness (QED) is 0.341. The van der Waals surface area contributed by atoms with E-state index in [1.54, 1.807) is 6.07 Å². The summed E-state index contributed by atoms with van der Waals surface area (Å²) in [5.74, 6) is 2.78. The lowest BCUT2D eigenvalue weighted by atomic mass is 10.3. The number of nitrogens with zero attached hydrogens (tertiary/aromatic N) is 3. The summed E-state index contributed by atoms with van der Waals surface area (Å²) in [7, 11) is -3.36. The first-order chi connectivity index (χ1) is 11.5. The summed E-state index contributed by atoms with van der Waals surface area (Å²) < 4.78 is 26.8. The first-order valence-corrected chi connectivity index (χ1v) is 11.6. The monoisotopic (exact) mass is 518 g/mol. The van der Waals surface area contributed by atoms with Crippen LogP contribution < -0.4 is 5.73 Å². The molecule has 0 radical (unpaired) electrons. The van der Waals surface area contributed by atoms with Crippen LogP contribution in [0.4, 0.5) is 0 Å². The molecule has 0 aromatic carbocycles. The average molecular weight is 519 g/mol. The molecule has 0 aliphatic carbocycles. The average Bonchev–Trinajstić information content (AvgIpc) is 3.06. The molecule has 1 aromatic rings. The number of hydrogen-bond acceptors (Lipinski definition) is 5. The summed E-state index contributed by atoms with van der Waals surface area (Å²) in [5.41, 5.74) is 6.03. The van der Waals surface area contributed by atoms with E-state index in [4.69, 9.17) is 5.73 Å². The minimum absolute atomic E-state index is 0. The third-order valence-electron chi connectivity index (χ3n) is 3.90. The van der Waals surface area contributed by atoms with Gasteiger partial charge in [0.2, 0.25) is 0 Å². The Kier molecular flexibility index (Phi) is 10.1. The van der Waals surface area contributed by atoms with Crippen molar-refractivity contribution < 1.29 is 8.42 Å². The summed E-state index contributed by atoms with van der Waals surface area (Å²) >= 11 is 3.27. The van der Waals surface area contributed by atoms with E-state index >= 15 is 0 Å². The number of halogens is 1. The van der Waals surface area contributed by atoms with Crippen LogP contribution in [0, 0.1) is 0 Å². The van der Waals surface area contributed by atoms with Crippen molar-refractivity contribution in [2.24, 2.45) is 10.7 Å². The maximum absolute atomic E-state index is 12.5. The third-order valence-corrected chi connectivity index (χ3v) is 8.51. The highest BCUT2D eigenvalue weighted by Crippen LogP contribution is 2.25. The van der Waals surface area contributed by atoms with Crippen LogP contribution in [0.2, 0.25) is 0 Å². The molecule has 1 saturated heterocycles. The molecule has 0 bridgehead atoms. The lowest BCUT2D eigenvalue weighted by molar-refractivity contribution is 0.447. The Balaban J connectivity index is 0.00000312. The Morgan fingerprint density at radius 2 is 1.92 bits per heavy atom. The molecule has 144 valence electrons. The molecule has 25 heavy (non-hydrogen) atoms. The van der Waals surface area contributed by atoms with E-state index in [-0.39, 0.29) is 24.0 Å². The highest BCUT2D eigenvalue weighted by Gasteiger charge is 2.23. The van der Waals surface area contributed by atoms with Gasteiger partial charge in [-0.05, 0) is 12.1 Å². The summed E-state index contributed by atoms with van der Waals surface area (Å²) in [5, 5.41) is 0. The zero-order valence-corrected chi connectivity index (χ0v) is 19.5. The van der Waals surface area contributed by atoms with Gasteiger partial charge in [-0.25, -0.2) is 8.42 Å². The van der Waals surface area contributed by atoms with E-state index in [1.807, 2.05) is 31.7 Å². The second-order valence-corrected chi connectivity index (χ2v) is 9.96. The van der Waals surface area contributed by atoms with Gasteiger partial charge in [0.1, 0.15) is 4.21 Å². The molecule has 2 heterocycles. The number of sulfonamides is 1. The van der Waals surface area contributed by atoms with Crippen molar-refractivity contribution in [2.45, 2.75) is 24.5 Å². The van der Waals surface area contributed by atoms with Crippen molar-refractivity contribution in [3.05, 3.63) is 17.0 Å². The van der Waals surface area contributed by atoms with E-state index in [9.17, 15) is 8.42 Å². The summed E-state index contributed by atoms with van der Waals surface area (Å²) in [6.07, 6.45) is 0.710. The molecule has 1 aliphatic rings. The minimum atomic E-state index is -3.36. The van der Waals surface area contributed by atoms with Crippen LogP contribution in [0.5, 0.6) is 0 Å². The molecule has 1 aromatic heterocycles. The topological polar surface area (TPSA) is 79.0 Å². The van der Waals surface area contributed by atoms with Crippen LogP contribution in [0.25, 0.3) is 0 Å². The molecule has 1 fully saturated rings. The fourth-order valence-corrected chi connectivity index (χ4v) is 6.36. The van der Waals surface area contributed by atoms with Gasteiger partial charge in [0, 0.05) is 55.5 Å². The molecule has 0 unspecified atom stereocenters. The number of aliphatic imine (C=N–C) groups is 1. The number of rotatable bonds is 7. The molecule has 10 heteroatoms. The van der Waals surface area contributed by atoms with Gasteiger partial charge in [-0.1, -0.05) is 13.8 Å².